The maximum Gasteiger partial charge on any atom is 0.515 e. The van der Waals surface area contributed by atoms with E-state index in [9.17, 15) is 4.79 Å². The molecule has 2 heterocycles. The zero-order valence-corrected chi connectivity index (χ0v) is 13.8. The highest BCUT2D eigenvalue weighted by Crippen LogP contribution is 2.36. The van der Waals surface area contributed by atoms with Crippen molar-refractivity contribution in [2.75, 3.05) is 6.61 Å². The fraction of sp³-hybridized carbons (Fsp3) is 0.333. The highest BCUT2D eigenvalue weighted by molar-refractivity contribution is 6.11. The van der Waals surface area contributed by atoms with Crippen molar-refractivity contribution < 1.29 is 14.3 Å². The minimum atomic E-state index is -0.730. The van der Waals surface area contributed by atoms with Gasteiger partial charge in [-0.05, 0) is 31.4 Å². The number of H-pyrrole nitrogens is 1. The summed E-state index contributed by atoms with van der Waals surface area (Å²) in [5.74, 6) is 0.676. The molecule has 1 aromatic carbocycles. The van der Waals surface area contributed by atoms with Crippen LogP contribution < -0.4 is 4.74 Å². The van der Waals surface area contributed by atoms with E-state index in [2.05, 4.69) is 29.9 Å². The average Bonchev–Trinajstić information content (AvgIpc) is 2.89. The molecule has 3 rings (SSSR count). The van der Waals surface area contributed by atoms with Gasteiger partial charge >= 0.3 is 6.16 Å². The van der Waals surface area contributed by atoms with Crippen molar-refractivity contribution >= 4 is 28.0 Å². The SMILES string of the molecule is CCOC(=O)Oc1ncc2[nH]c3cccc(C(C)C)c3c2c1C. The van der Waals surface area contributed by atoms with Crippen molar-refractivity contribution in [2.24, 2.45) is 0 Å². The van der Waals surface area contributed by atoms with E-state index in [4.69, 9.17) is 9.47 Å². The number of aromatic nitrogens is 2. The quantitative estimate of drug-likeness (QED) is 0.713. The number of carbonyl (C=O) groups is 1. The standard InChI is InChI=1S/C18H20N2O3/c1-5-22-18(21)23-17-11(4)15-14(9-19-17)20-13-8-6-7-12(10(2)3)16(13)15/h6-10,20H,5H2,1-4H3. The molecule has 0 fully saturated rings. The molecule has 0 aliphatic carbocycles. The van der Waals surface area contributed by atoms with Crippen LogP contribution in [0.1, 0.15) is 37.8 Å². The van der Waals surface area contributed by atoms with Crippen molar-refractivity contribution in [3.63, 3.8) is 0 Å². The lowest BCUT2D eigenvalue weighted by Gasteiger charge is -2.10. The molecule has 2 aromatic heterocycles. The van der Waals surface area contributed by atoms with E-state index >= 15 is 0 Å². The lowest BCUT2D eigenvalue weighted by molar-refractivity contribution is 0.102. The summed E-state index contributed by atoms with van der Waals surface area (Å²) in [5, 5.41) is 2.20. The van der Waals surface area contributed by atoms with Crippen LogP contribution in [-0.4, -0.2) is 22.7 Å². The summed E-state index contributed by atoms with van der Waals surface area (Å²) in [5.41, 5.74) is 4.08. The van der Waals surface area contributed by atoms with E-state index < -0.39 is 6.16 Å². The average molecular weight is 312 g/mol. The van der Waals surface area contributed by atoms with Crippen molar-refractivity contribution in [3.05, 3.63) is 35.5 Å². The third-order valence-corrected chi connectivity index (χ3v) is 3.96. The molecule has 0 bridgehead atoms. The van der Waals surface area contributed by atoms with Gasteiger partial charge in [0.2, 0.25) is 5.88 Å². The van der Waals surface area contributed by atoms with Crippen LogP contribution in [0.2, 0.25) is 0 Å². The molecule has 0 saturated carbocycles. The number of pyridine rings is 1. The normalized spacial score (nSPS) is 11.3. The van der Waals surface area contributed by atoms with Crippen LogP contribution in [0.4, 0.5) is 4.79 Å². The van der Waals surface area contributed by atoms with Gasteiger partial charge in [-0.15, -0.1) is 0 Å². The summed E-state index contributed by atoms with van der Waals surface area (Å²) in [6.07, 6.45) is 0.965. The van der Waals surface area contributed by atoms with Crippen LogP contribution in [-0.2, 0) is 4.74 Å². The predicted molar refractivity (Wildman–Crippen MR) is 90.1 cm³/mol. The van der Waals surface area contributed by atoms with Gasteiger partial charge in [0.25, 0.3) is 0 Å². The van der Waals surface area contributed by atoms with E-state index in [0.29, 0.717) is 5.92 Å². The molecule has 0 unspecified atom stereocenters. The van der Waals surface area contributed by atoms with Gasteiger partial charge in [-0.3, -0.25) is 0 Å². The van der Waals surface area contributed by atoms with Crippen LogP contribution in [0, 0.1) is 6.92 Å². The summed E-state index contributed by atoms with van der Waals surface area (Å²) in [6.45, 7) is 8.25. The second-order valence-electron chi connectivity index (χ2n) is 5.81. The maximum atomic E-state index is 11.6. The number of nitrogens with one attached hydrogen (secondary N) is 1. The van der Waals surface area contributed by atoms with Gasteiger partial charge < -0.3 is 14.5 Å². The van der Waals surface area contributed by atoms with E-state index in [0.717, 1.165) is 27.4 Å². The number of carbonyl (C=O) groups excluding carboxylic acids is 1. The molecule has 23 heavy (non-hydrogen) atoms. The molecule has 0 radical (unpaired) electrons. The number of aryl methyl sites for hydroxylation is 1. The van der Waals surface area contributed by atoms with Gasteiger partial charge in [0.1, 0.15) is 0 Å². The maximum absolute atomic E-state index is 11.6. The number of nitrogens with zero attached hydrogens (tertiary/aromatic N) is 1. The van der Waals surface area contributed by atoms with Crippen molar-refractivity contribution in [3.8, 4) is 5.88 Å². The summed E-state index contributed by atoms with van der Waals surface area (Å²) < 4.78 is 10.1. The molecule has 3 aromatic rings. The molecule has 120 valence electrons. The minimum absolute atomic E-state index is 0.269. The van der Waals surface area contributed by atoms with Gasteiger partial charge in [-0.1, -0.05) is 26.0 Å². The van der Waals surface area contributed by atoms with Crippen LogP contribution >= 0.6 is 0 Å². The van der Waals surface area contributed by atoms with E-state index in [-0.39, 0.29) is 12.5 Å². The smallest absolute Gasteiger partial charge is 0.434 e. The minimum Gasteiger partial charge on any atom is -0.434 e. The number of hydrogen-bond acceptors (Lipinski definition) is 4. The molecule has 0 saturated heterocycles. The van der Waals surface area contributed by atoms with E-state index in [1.807, 2.05) is 19.1 Å². The molecule has 0 aliphatic rings. The van der Waals surface area contributed by atoms with E-state index in [1.54, 1.807) is 13.1 Å². The Morgan fingerprint density at radius 3 is 2.74 bits per heavy atom. The number of rotatable bonds is 3. The van der Waals surface area contributed by atoms with Crippen LogP contribution in [0.5, 0.6) is 5.88 Å². The number of ether oxygens (including phenoxy) is 2. The van der Waals surface area contributed by atoms with Crippen molar-refractivity contribution in [1.29, 1.82) is 0 Å². The fourth-order valence-electron chi connectivity index (χ4n) is 2.92. The number of aromatic amines is 1. The molecular weight excluding hydrogens is 292 g/mol. The lowest BCUT2D eigenvalue weighted by atomic mass is 9.96. The topological polar surface area (TPSA) is 64.2 Å². The van der Waals surface area contributed by atoms with Gasteiger partial charge in [0, 0.05) is 21.9 Å². The predicted octanol–water partition coefficient (Wildman–Crippen LogP) is 4.68. The summed E-state index contributed by atoms with van der Waals surface area (Å²) in [7, 11) is 0. The Balaban J connectivity index is 2.23. The second kappa shape index (κ2) is 5.91. The number of hydrogen-bond donors (Lipinski definition) is 1. The summed E-state index contributed by atoms with van der Waals surface area (Å²) in [6, 6.07) is 6.23. The summed E-state index contributed by atoms with van der Waals surface area (Å²) >= 11 is 0. The van der Waals surface area contributed by atoms with Gasteiger partial charge in [-0.25, -0.2) is 9.78 Å². The number of fused-ring (bicyclic) bond motifs is 3. The second-order valence-corrected chi connectivity index (χ2v) is 5.81. The first-order valence-electron chi connectivity index (χ1n) is 7.77. The highest BCUT2D eigenvalue weighted by Gasteiger charge is 2.17. The van der Waals surface area contributed by atoms with Gasteiger partial charge in [-0.2, -0.15) is 0 Å². The zero-order valence-electron chi connectivity index (χ0n) is 13.8. The van der Waals surface area contributed by atoms with Crippen molar-refractivity contribution in [1.82, 2.24) is 9.97 Å². The van der Waals surface area contributed by atoms with Gasteiger partial charge in [0.05, 0.1) is 18.3 Å². The van der Waals surface area contributed by atoms with Crippen LogP contribution in [0.25, 0.3) is 21.8 Å². The summed E-state index contributed by atoms with van der Waals surface area (Å²) in [4.78, 5) is 19.2. The molecule has 5 heteroatoms. The molecular formula is C18H20N2O3. The Morgan fingerprint density at radius 1 is 1.26 bits per heavy atom. The fourth-order valence-corrected chi connectivity index (χ4v) is 2.92. The first kappa shape index (κ1) is 15.3. The third kappa shape index (κ3) is 2.63. The Kier molecular flexibility index (Phi) is 3.94. The highest BCUT2D eigenvalue weighted by atomic mass is 16.7. The molecule has 0 amide bonds. The Hall–Kier alpha value is -2.56. The largest absolute Gasteiger partial charge is 0.515 e. The first-order chi connectivity index (χ1) is 11.0. The molecule has 0 spiro atoms. The molecule has 0 aliphatic heterocycles. The lowest BCUT2D eigenvalue weighted by Crippen LogP contribution is -2.11. The van der Waals surface area contributed by atoms with Gasteiger partial charge in [0.15, 0.2) is 0 Å². The molecule has 0 atom stereocenters. The molecule has 1 N–H and O–H groups in total. The Morgan fingerprint density at radius 2 is 2.04 bits per heavy atom. The zero-order chi connectivity index (χ0) is 16.6. The van der Waals surface area contributed by atoms with E-state index in [1.165, 1.54) is 5.56 Å². The number of benzene rings is 1. The third-order valence-electron chi connectivity index (χ3n) is 3.96. The Labute approximate surface area is 134 Å². The van der Waals surface area contributed by atoms with Crippen LogP contribution in [0.15, 0.2) is 24.4 Å². The first-order valence-corrected chi connectivity index (χ1v) is 7.77. The van der Waals surface area contributed by atoms with Crippen molar-refractivity contribution in [2.45, 2.75) is 33.6 Å². The monoisotopic (exact) mass is 312 g/mol. The van der Waals surface area contributed by atoms with Crippen LogP contribution in [0.3, 0.4) is 0 Å². The Bertz CT molecular complexity index is 881. The molecule has 5 nitrogen and oxygen atoms in total.